The topological polar surface area (TPSA) is 193 Å². The number of piperidine rings is 1. The van der Waals surface area contributed by atoms with Gasteiger partial charge in [0.2, 0.25) is 5.78 Å². The fourth-order valence-electron chi connectivity index (χ4n) is 7.58. The summed E-state index contributed by atoms with van der Waals surface area (Å²) in [5, 5.41) is 41.2. The smallest absolute Gasteiger partial charge is 0.265 e. The van der Waals surface area contributed by atoms with E-state index >= 15 is 0 Å². The maximum atomic E-state index is 12.7. The maximum Gasteiger partial charge on any atom is 0.265 e. The summed E-state index contributed by atoms with van der Waals surface area (Å²) in [5.74, 6) is 0.954. The molecule has 1 aliphatic rings. The summed E-state index contributed by atoms with van der Waals surface area (Å²) >= 11 is 4.07. The molecule has 362 valence electrons. The van der Waals surface area contributed by atoms with Crippen molar-refractivity contribution < 1.29 is 29.7 Å². The molecule has 0 bridgehead atoms. The van der Waals surface area contributed by atoms with Gasteiger partial charge in [0, 0.05) is 49.8 Å². The highest BCUT2D eigenvalue weighted by Crippen LogP contribution is 2.34. The maximum absolute atomic E-state index is 12.7. The minimum atomic E-state index is -0.0453. The highest BCUT2D eigenvalue weighted by atomic mass is 32.1. The van der Waals surface area contributed by atoms with Gasteiger partial charge < -0.3 is 41.1 Å². The van der Waals surface area contributed by atoms with Crippen LogP contribution in [0, 0.1) is 62.3 Å². The van der Waals surface area contributed by atoms with Gasteiger partial charge in [0.05, 0.1) is 22.0 Å². The largest absolute Gasteiger partial charge is 0.507 e. The predicted octanol–water partition coefficient (Wildman–Crippen LogP) is 12.1. The summed E-state index contributed by atoms with van der Waals surface area (Å²) in [7, 11) is 3.45. The number of aromatic nitrogens is 3. The van der Waals surface area contributed by atoms with E-state index in [2.05, 4.69) is 30.9 Å². The molecule has 3 aromatic heterocycles. The lowest BCUT2D eigenvalue weighted by Gasteiger charge is -2.26. The van der Waals surface area contributed by atoms with Crippen molar-refractivity contribution in [2.75, 3.05) is 43.1 Å². The Morgan fingerprint density at radius 1 is 0.522 bits per heavy atom. The Morgan fingerprint density at radius 3 is 1.26 bits per heavy atom. The molecule has 0 unspecified atom stereocenters. The number of hydrogen-bond acceptors (Lipinski definition) is 15. The number of nitrogens with zero attached hydrogens (tertiary/aromatic N) is 5. The number of likely N-dealkylation sites (tertiary alicyclic amines) is 1. The number of phenols is 3. The number of nitrogens with one attached hydrogen (secondary N) is 3. The Labute approximate surface area is 415 Å². The number of benzene rings is 4. The average Bonchev–Trinajstić information content (AvgIpc) is 4.00. The highest BCUT2D eigenvalue weighted by Gasteiger charge is 2.24. The Hall–Kier alpha value is -6.82. The molecule has 0 radical (unpaired) electrons. The monoisotopic (exact) mass is 988 g/mol. The molecule has 1 saturated heterocycles. The zero-order chi connectivity index (χ0) is 50.3. The number of hydrogen-bond donors (Lipinski definition) is 6. The molecule has 7 aromatic rings. The van der Waals surface area contributed by atoms with Crippen LogP contribution in [0.3, 0.4) is 0 Å². The van der Waals surface area contributed by atoms with Crippen LogP contribution in [-0.2, 0) is 0 Å². The molecule has 8 rings (SSSR count). The zero-order valence-corrected chi connectivity index (χ0v) is 43.4. The summed E-state index contributed by atoms with van der Waals surface area (Å²) in [6.45, 7) is 18.4. The van der Waals surface area contributed by atoms with Crippen LogP contribution in [0.2, 0.25) is 0 Å². The van der Waals surface area contributed by atoms with Gasteiger partial charge in [0.25, 0.3) is 11.8 Å². The summed E-state index contributed by atoms with van der Waals surface area (Å²) < 4.78 is 0. The third kappa shape index (κ3) is 12.8. The van der Waals surface area contributed by atoms with Crippen molar-refractivity contribution >= 4 is 84.1 Å². The summed E-state index contributed by atoms with van der Waals surface area (Å²) in [4.78, 5) is 56.1. The van der Waals surface area contributed by atoms with Crippen molar-refractivity contribution in [2.24, 2.45) is 0 Å². The Bertz CT molecular complexity index is 2920. The minimum absolute atomic E-state index is 0.0169. The van der Waals surface area contributed by atoms with Gasteiger partial charge in [-0.2, -0.15) is 0 Å². The molecule has 0 aliphatic carbocycles. The second-order valence-electron chi connectivity index (χ2n) is 17.3. The van der Waals surface area contributed by atoms with E-state index in [1.165, 1.54) is 40.4 Å². The number of rotatable bonds is 10. The van der Waals surface area contributed by atoms with E-state index in [0.717, 1.165) is 82.1 Å². The van der Waals surface area contributed by atoms with Crippen LogP contribution in [0.4, 0.5) is 32.5 Å². The standard InChI is InChI=1S/C19H18N2O2S.C18H23N3O2S.C15H19N3O2S/c1-11-9-15(10-12(2)16(11)22)21-19-20-13(3)18(24-19)17(23)14-7-5-4-6-8-14;1-11-9-14(10-12(2)15(11)22)20-18-19-13(3)16(24-18)17(23)21-7-5-4-6-8-21;1-8-6-11(7-9(2)12(8)19)17-15-16-10(3)13(21-15)14(20)18(4)5/h4-10,22H,1-3H3,(H,20,21);9-10,22H,4-8H2,1-3H3,(H,19,20);6-7,19H,1-5H3,(H,16,17). The third-order valence-corrected chi connectivity index (χ3v) is 14.5. The number of amides is 2. The molecule has 4 aromatic carbocycles. The quantitative estimate of drug-likeness (QED) is 0.0562. The molecule has 1 aliphatic heterocycles. The second kappa shape index (κ2) is 22.5. The van der Waals surface area contributed by atoms with E-state index in [4.69, 9.17) is 0 Å². The summed E-state index contributed by atoms with van der Waals surface area (Å²) in [6.07, 6.45) is 3.37. The van der Waals surface area contributed by atoms with E-state index in [1.807, 2.05) is 122 Å². The highest BCUT2D eigenvalue weighted by molar-refractivity contribution is 7.18. The molecule has 0 spiro atoms. The number of anilines is 6. The molecular weight excluding hydrogens is 929 g/mol. The Kier molecular flexibility index (Phi) is 16.8. The zero-order valence-electron chi connectivity index (χ0n) is 40.9. The SMILES string of the molecule is Cc1cc(Nc2nc(C)c(C(=O)N(C)C)s2)cc(C)c1O.Cc1cc(Nc2nc(C)c(C(=O)N3CCCCC3)s2)cc(C)c1O.Cc1cc(Nc2nc(C)c(C(=O)c3ccccc3)s2)cc(C)c1O. The molecule has 4 heterocycles. The van der Waals surface area contributed by atoms with Crippen molar-refractivity contribution in [3.63, 3.8) is 0 Å². The molecule has 1 fully saturated rings. The lowest BCUT2D eigenvalue weighted by atomic mass is 10.1. The first-order valence-electron chi connectivity index (χ1n) is 22.4. The van der Waals surface area contributed by atoms with E-state index in [-0.39, 0.29) is 17.6 Å². The lowest BCUT2D eigenvalue weighted by Crippen LogP contribution is -2.35. The lowest BCUT2D eigenvalue weighted by molar-refractivity contribution is 0.0727. The minimum Gasteiger partial charge on any atom is -0.507 e. The van der Waals surface area contributed by atoms with Crippen LogP contribution in [0.1, 0.15) is 104 Å². The number of ketones is 1. The van der Waals surface area contributed by atoms with Gasteiger partial charge in [0.15, 0.2) is 15.4 Å². The molecule has 69 heavy (non-hydrogen) atoms. The first-order valence-corrected chi connectivity index (χ1v) is 24.9. The van der Waals surface area contributed by atoms with Crippen LogP contribution in [0.25, 0.3) is 0 Å². The molecule has 0 saturated carbocycles. The van der Waals surface area contributed by atoms with E-state index in [1.54, 1.807) is 31.1 Å². The third-order valence-electron chi connectivity index (χ3n) is 11.3. The van der Waals surface area contributed by atoms with Crippen molar-refractivity contribution in [2.45, 2.75) is 81.6 Å². The Morgan fingerprint density at radius 2 is 0.870 bits per heavy atom. The first-order chi connectivity index (χ1) is 32.7. The predicted molar refractivity (Wildman–Crippen MR) is 281 cm³/mol. The van der Waals surface area contributed by atoms with Crippen LogP contribution < -0.4 is 16.0 Å². The van der Waals surface area contributed by atoms with Crippen molar-refractivity contribution in [3.05, 3.63) is 137 Å². The number of aromatic hydroxyl groups is 3. The normalized spacial score (nSPS) is 12.0. The van der Waals surface area contributed by atoms with Gasteiger partial charge in [-0.15, -0.1) is 0 Å². The molecule has 0 atom stereocenters. The number of thiazole rings is 3. The van der Waals surface area contributed by atoms with Crippen LogP contribution in [0.15, 0.2) is 66.7 Å². The van der Waals surface area contributed by atoms with E-state index < -0.39 is 0 Å². The summed E-state index contributed by atoms with van der Waals surface area (Å²) in [6, 6.07) is 20.4. The molecule has 6 N–H and O–H groups in total. The molecule has 17 heteroatoms. The fraction of sp³-hybridized carbons (Fsp3) is 0.308. The van der Waals surface area contributed by atoms with Crippen LogP contribution >= 0.6 is 34.0 Å². The van der Waals surface area contributed by atoms with Gasteiger partial charge in [0.1, 0.15) is 27.0 Å². The Balaban J connectivity index is 0.000000171. The van der Waals surface area contributed by atoms with Gasteiger partial charge in [-0.25, -0.2) is 15.0 Å². The molecular formula is C52H60N8O6S3. The van der Waals surface area contributed by atoms with Gasteiger partial charge in [-0.1, -0.05) is 64.3 Å². The second-order valence-corrected chi connectivity index (χ2v) is 20.3. The molecule has 14 nitrogen and oxygen atoms in total. The van der Waals surface area contributed by atoms with Crippen molar-refractivity contribution in [1.82, 2.24) is 24.8 Å². The first kappa shape index (κ1) is 51.6. The number of aryl methyl sites for hydroxylation is 9. The van der Waals surface area contributed by atoms with E-state index in [9.17, 15) is 29.7 Å². The fourth-order valence-corrected chi connectivity index (χ4v) is 10.5. The van der Waals surface area contributed by atoms with Crippen LogP contribution in [-0.4, -0.2) is 84.9 Å². The van der Waals surface area contributed by atoms with Crippen LogP contribution in [0.5, 0.6) is 17.2 Å². The van der Waals surface area contributed by atoms with Gasteiger partial charge in [-0.3, -0.25) is 14.4 Å². The van der Waals surface area contributed by atoms with Gasteiger partial charge >= 0.3 is 0 Å². The number of carbonyl (C=O) groups excluding carboxylic acids is 3. The number of phenolic OH excluding ortho intramolecular Hbond substituents is 3. The number of carbonyl (C=O) groups is 3. The van der Waals surface area contributed by atoms with Crippen molar-refractivity contribution in [3.8, 4) is 17.2 Å². The molecule has 2 amide bonds. The van der Waals surface area contributed by atoms with Gasteiger partial charge in [-0.05, 0) is 151 Å². The summed E-state index contributed by atoms with van der Waals surface area (Å²) in [5.41, 5.74) is 10.2. The van der Waals surface area contributed by atoms with Crippen molar-refractivity contribution in [1.29, 1.82) is 0 Å². The average molecular weight is 989 g/mol. The van der Waals surface area contributed by atoms with E-state index in [0.29, 0.717) is 64.2 Å².